The fourth-order valence-corrected chi connectivity index (χ4v) is 3.41. The number of carbonyl (C=O) groups is 1. The molecule has 1 fully saturated rings. The van der Waals surface area contributed by atoms with Gasteiger partial charge in [-0.2, -0.15) is 0 Å². The molecule has 2 heterocycles. The van der Waals surface area contributed by atoms with Gasteiger partial charge < -0.3 is 10.2 Å². The van der Waals surface area contributed by atoms with Crippen LogP contribution in [0.5, 0.6) is 0 Å². The number of carbonyl (C=O) groups excluding carboxylic acids is 1. The molecule has 0 saturated carbocycles. The number of amides is 1. The van der Waals surface area contributed by atoms with Gasteiger partial charge in [0.2, 0.25) is 5.91 Å². The molecule has 1 unspecified atom stereocenters. The van der Waals surface area contributed by atoms with Crippen LogP contribution in [-0.4, -0.2) is 42.0 Å². The smallest absolute Gasteiger partial charge is 0.228 e. The van der Waals surface area contributed by atoms with Crippen LogP contribution in [0, 0.1) is 5.82 Å². The molecule has 1 aliphatic heterocycles. The second-order valence-electron chi connectivity index (χ2n) is 5.48. The molecule has 1 N–H and O–H groups in total. The molecule has 6 heteroatoms. The number of halogens is 1. The molecule has 2 aromatic rings. The standard InChI is InChI=1S/C16H18FN3OS/c1-20(14-5-6-18-9-14)15(21)8-13-10-22-16(19-13)11-3-2-4-12(17)7-11/h2-4,7,10,14,18H,5-6,8-9H2,1H3. The van der Waals surface area contributed by atoms with Crippen molar-refractivity contribution in [2.24, 2.45) is 0 Å². The molecule has 1 atom stereocenters. The highest BCUT2D eigenvalue weighted by atomic mass is 32.1. The van der Waals surface area contributed by atoms with Crippen LogP contribution in [0.4, 0.5) is 4.39 Å². The summed E-state index contributed by atoms with van der Waals surface area (Å²) >= 11 is 1.44. The van der Waals surface area contributed by atoms with E-state index >= 15 is 0 Å². The Morgan fingerprint density at radius 1 is 1.55 bits per heavy atom. The van der Waals surface area contributed by atoms with Crippen LogP contribution in [0.25, 0.3) is 10.6 Å². The molecule has 1 saturated heterocycles. The van der Waals surface area contributed by atoms with Crippen LogP contribution in [0.15, 0.2) is 29.6 Å². The summed E-state index contributed by atoms with van der Waals surface area (Å²) in [6.45, 7) is 1.82. The molecule has 1 aliphatic rings. The van der Waals surface area contributed by atoms with Crippen molar-refractivity contribution in [1.29, 1.82) is 0 Å². The molecule has 1 aromatic heterocycles. The Kier molecular flexibility index (Phi) is 4.49. The van der Waals surface area contributed by atoms with Gasteiger partial charge in [0.05, 0.1) is 12.1 Å². The molecule has 22 heavy (non-hydrogen) atoms. The summed E-state index contributed by atoms with van der Waals surface area (Å²) in [4.78, 5) is 18.6. The van der Waals surface area contributed by atoms with E-state index in [9.17, 15) is 9.18 Å². The maximum Gasteiger partial charge on any atom is 0.228 e. The number of likely N-dealkylation sites (N-methyl/N-ethyl adjacent to an activating group) is 1. The van der Waals surface area contributed by atoms with Gasteiger partial charge in [0, 0.05) is 30.6 Å². The van der Waals surface area contributed by atoms with Gasteiger partial charge in [-0.15, -0.1) is 11.3 Å². The average molecular weight is 319 g/mol. The summed E-state index contributed by atoms with van der Waals surface area (Å²) in [5.74, 6) is -0.205. The van der Waals surface area contributed by atoms with Gasteiger partial charge in [0.15, 0.2) is 0 Å². The van der Waals surface area contributed by atoms with E-state index in [4.69, 9.17) is 0 Å². The van der Waals surface area contributed by atoms with Crippen LogP contribution < -0.4 is 5.32 Å². The number of hydrogen-bond acceptors (Lipinski definition) is 4. The predicted octanol–water partition coefficient (Wildman–Crippen LogP) is 2.31. The zero-order chi connectivity index (χ0) is 15.5. The molecular weight excluding hydrogens is 301 g/mol. The van der Waals surface area contributed by atoms with Crippen molar-refractivity contribution in [2.75, 3.05) is 20.1 Å². The Morgan fingerprint density at radius 2 is 2.41 bits per heavy atom. The van der Waals surface area contributed by atoms with Crippen molar-refractivity contribution in [3.05, 3.63) is 41.2 Å². The molecule has 0 aliphatic carbocycles. The number of aromatic nitrogens is 1. The second-order valence-corrected chi connectivity index (χ2v) is 6.34. The van der Waals surface area contributed by atoms with Gasteiger partial charge in [-0.3, -0.25) is 4.79 Å². The van der Waals surface area contributed by atoms with Gasteiger partial charge in [-0.25, -0.2) is 9.37 Å². The van der Waals surface area contributed by atoms with Crippen LogP contribution in [0.2, 0.25) is 0 Å². The van der Waals surface area contributed by atoms with Crippen molar-refractivity contribution < 1.29 is 9.18 Å². The number of hydrogen-bond donors (Lipinski definition) is 1. The van der Waals surface area contributed by atoms with E-state index in [1.807, 2.05) is 18.5 Å². The summed E-state index contributed by atoms with van der Waals surface area (Å²) in [5, 5.41) is 5.88. The first-order valence-corrected chi connectivity index (χ1v) is 8.18. The first-order chi connectivity index (χ1) is 10.6. The highest BCUT2D eigenvalue weighted by Gasteiger charge is 2.23. The van der Waals surface area contributed by atoms with Gasteiger partial charge in [0.1, 0.15) is 10.8 Å². The number of rotatable bonds is 4. The number of nitrogens with zero attached hydrogens (tertiary/aromatic N) is 2. The van der Waals surface area contributed by atoms with Crippen LogP contribution in [0.3, 0.4) is 0 Å². The van der Waals surface area contributed by atoms with E-state index in [-0.39, 0.29) is 17.8 Å². The van der Waals surface area contributed by atoms with Crippen molar-refractivity contribution in [1.82, 2.24) is 15.2 Å². The minimum atomic E-state index is -0.279. The number of thiazole rings is 1. The molecule has 4 nitrogen and oxygen atoms in total. The fraction of sp³-hybridized carbons (Fsp3) is 0.375. The molecule has 0 bridgehead atoms. The first-order valence-electron chi connectivity index (χ1n) is 7.30. The number of benzene rings is 1. The Hall–Kier alpha value is -1.79. The van der Waals surface area contributed by atoms with Gasteiger partial charge in [-0.1, -0.05) is 12.1 Å². The predicted molar refractivity (Wildman–Crippen MR) is 85.3 cm³/mol. The first kappa shape index (κ1) is 15.1. The Bertz CT molecular complexity index is 667. The van der Waals surface area contributed by atoms with Gasteiger partial charge in [0.25, 0.3) is 0 Å². The molecule has 3 rings (SSSR count). The van der Waals surface area contributed by atoms with Crippen LogP contribution in [0.1, 0.15) is 12.1 Å². The number of nitrogens with one attached hydrogen (secondary N) is 1. The van der Waals surface area contributed by atoms with Crippen LogP contribution >= 0.6 is 11.3 Å². The SMILES string of the molecule is CN(C(=O)Cc1csc(-c2cccc(F)c2)n1)C1CCNC1. The van der Waals surface area contributed by atoms with E-state index in [1.54, 1.807) is 11.0 Å². The lowest BCUT2D eigenvalue weighted by atomic mass is 10.2. The third-order valence-electron chi connectivity index (χ3n) is 3.93. The van der Waals surface area contributed by atoms with E-state index in [1.165, 1.54) is 23.5 Å². The monoisotopic (exact) mass is 319 g/mol. The highest BCUT2D eigenvalue weighted by Crippen LogP contribution is 2.24. The summed E-state index contributed by atoms with van der Waals surface area (Å²) in [7, 11) is 1.85. The van der Waals surface area contributed by atoms with E-state index < -0.39 is 0 Å². The van der Waals surface area contributed by atoms with Crippen LogP contribution in [-0.2, 0) is 11.2 Å². The minimum absolute atomic E-state index is 0.0739. The Morgan fingerprint density at radius 3 is 3.14 bits per heavy atom. The molecule has 1 aromatic carbocycles. The molecule has 0 spiro atoms. The highest BCUT2D eigenvalue weighted by molar-refractivity contribution is 7.13. The van der Waals surface area contributed by atoms with E-state index in [2.05, 4.69) is 10.3 Å². The van der Waals surface area contributed by atoms with E-state index in [0.717, 1.165) is 35.8 Å². The van der Waals surface area contributed by atoms with E-state index in [0.29, 0.717) is 6.42 Å². The lowest BCUT2D eigenvalue weighted by molar-refractivity contribution is -0.130. The van der Waals surface area contributed by atoms with Gasteiger partial charge in [-0.05, 0) is 25.1 Å². The zero-order valence-corrected chi connectivity index (χ0v) is 13.2. The molecule has 116 valence electrons. The maximum atomic E-state index is 13.3. The zero-order valence-electron chi connectivity index (χ0n) is 12.4. The summed E-state index contributed by atoms with van der Waals surface area (Å²) in [5.41, 5.74) is 1.49. The quantitative estimate of drug-likeness (QED) is 0.940. The summed E-state index contributed by atoms with van der Waals surface area (Å²) in [6, 6.07) is 6.63. The summed E-state index contributed by atoms with van der Waals surface area (Å²) in [6.07, 6.45) is 1.28. The average Bonchev–Trinajstić information content (AvgIpc) is 3.18. The lowest BCUT2D eigenvalue weighted by Crippen LogP contribution is -2.39. The Labute approximate surface area is 133 Å². The molecular formula is C16H18FN3OS. The second kappa shape index (κ2) is 6.54. The van der Waals surface area contributed by atoms with Crippen molar-refractivity contribution in [3.63, 3.8) is 0 Å². The normalized spacial score (nSPS) is 17.6. The van der Waals surface area contributed by atoms with Crippen molar-refractivity contribution >= 4 is 17.2 Å². The maximum absolute atomic E-state index is 13.3. The lowest BCUT2D eigenvalue weighted by Gasteiger charge is -2.23. The van der Waals surface area contributed by atoms with Crippen molar-refractivity contribution in [2.45, 2.75) is 18.9 Å². The third-order valence-corrected chi connectivity index (χ3v) is 4.87. The molecule has 0 radical (unpaired) electrons. The Balaban J connectivity index is 1.67. The largest absolute Gasteiger partial charge is 0.341 e. The summed E-state index contributed by atoms with van der Waals surface area (Å²) < 4.78 is 13.3. The fourth-order valence-electron chi connectivity index (χ4n) is 2.60. The molecule has 1 amide bonds. The minimum Gasteiger partial charge on any atom is -0.341 e. The topological polar surface area (TPSA) is 45.2 Å². The third kappa shape index (κ3) is 3.34. The van der Waals surface area contributed by atoms with Crippen molar-refractivity contribution in [3.8, 4) is 10.6 Å². The van der Waals surface area contributed by atoms with Gasteiger partial charge >= 0.3 is 0 Å².